The first-order chi connectivity index (χ1) is 12.5. The van der Waals surface area contributed by atoms with E-state index in [-0.39, 0.29) is 11.5 Å². The summed E-state index contributed by atoms with van der Waals surface area (Å²) in [7, 11) is 2.20. The van der Waals surface area contributed by atoms with Gasteiger partial charge < -0.3 is 10.6 Å². The van der Waals surface area contributed by atoms with Crippen molar-refractivity contribution >= 4 is 28.5 Å². The highest BCUT2D eigenvalue weighted by Gasteiger charge is 2.39. The average Bonchev–Trinajstić information content (AvgIpc) is 3.21. The molecule has 0 amide bonds. The van der Waals surface area contributed by atoms with Gasteiger partial charge in [0.2, 0.25) is 0 Å². The number of nitrogen functional groups attached to an aromatic ring is 1. The van der Waals surface area contributed by atoms with Gasteiger partial charge in [-0.3, -0.25) is 10.2 Å². The predicted molar refractivity (Wildman–Crippen MR) is 106 cm³/mol. The maximum absolute atomic E-state index is 12.7. The highest BCUT2D eigenvalue weighted by molar-refractivity contribution is 7.13. The van der Waals surface area contributed by atoms with Crippen molar-refractivity contribution in [3.8, 4) is 10.6 Å². The van der Waals surface area contributed by atoms with Gasteiger partial charge in [-0.1, -0.05) is 6.07 Å². The van der Waals surface area contributed by atoms with Crippen LogP contribution >= 0.6 is 11.3 Å². The van der Waals surface area contributed by atoms with Gasteiger partial charge in [0.15, 0.2) is 5.78 Å². The lowest BCUT2D eigenvalue weighted by atomic mass is 9.85. The smallest absolute Gasteiger partial charge is 0.181 e. The molecular formula is C20H24N4OS. The maximum Gasteiger partial charge on any atom is 0.181 e. The zero-order chi connectivity index (χ0) is 18.3. The van der Waals surface area contributed by atoms with E-state index in [9.17, 15) is 4.79 Å². The summed E-state index contributed by atoms with van der Waals surface area (Å²) in [5.74, 6) is 0.306. The number of hydrogen-bond donors (Lipinski definition) is 2. The molecule has 0 saturated carbocycles. The third-order valence-electron chi connectivity index (χ3n) is 5.95. The number of fused-ring (bicyclic) bond motifs is 2. The number of carbonyl (C=O) groups is 1. The molecule has 2 aliphatic heterocycles. The first-order valence-electron chi connectivity index (χ1n) is 9.16. The van der Waals surface area contributed by atoms with Crippen LogP contribution in [0.1, 0.15) is 37.7 Å². The van der Waals surface area contributed by atoms with Crippen molar-refractivity contribution in [2.24, 2.45) is 5.92 Å². The first kappa shape index (κ1) is 17.4. The van der Waals surface area contributed by atoms with Crippen LogP contribution in [-0.4, -0.2) is 40.5 Å². The number of piperidine rings is 1. The van der Waals surface area contributed by atoms with Crippen LogP contribution in [-0.2, 0) is 4.79 Å². The number of nitrogens with zero attached hydrogens (tertiary/aromatic N) is 2. The van der Waals surface area contributed by atoms with Crippen LogP contribution in [0.4, 0.5) is 5.69 Å². The lowest BCUT2D eigenvalue weighted by Gasteiger charge is -2.36. The van der Waals surface area contributed by atoms with Gasteiger partial charge in [-0.25, -0.2) is 4.98 Å². The van der Waals surface area contributed by atoms with Crippen molar-refractivity contribution in [3.63, 3.8) is 0 Å². The van der Waals surface area contributed by atoms with Crippen molar-refractivity contribution in [1.82, 2.24) is 9.88 Å². The van der Waals surface area contributed by atoms with Crippen molar-refractivity contribution in [3.05, 3.63) is 35.3 Å². The largest absolute Gasteiger partial charge is 0.398 e. The number of hydrogen-bond acceptors (Lipinski definition) is 6. The van der Waals surface area contributed by atoms with Gasteiger partial charge in [-0.15, -0.1) is 11.3 Å². The Morgan fingerprint density at radius 1 is 1.35 bits per heavy atom. The Morgan fingerprint density at radius 3 is 2.69 bits per heavy atom. The van der Waals surface area contributed by atoms with Gasteiger partial charge in [0, 0.05) is 46.9 Å². The molecule has 3 heterocycles. The fourth-order valence-corrected chi connectivity index (χ4v) is 5.13. The van der Waals surface area contributed by atoms with Crippen LogP contribution in [0.2, 0.25) is 0 Å². The molecule has 2 aromatic rings. The molecule has 6 heteroatoms. The summed E-state index contributed by atoms with van der Waals surface area (Å²) in [5, 5.41) is 11.2. The van der Waals surface area contributed by atoms with Crippen LogP contribution in [0.5, 0.6) is 0 Å². The molecule has 3 N–H and O–H groups in total. The number of Topliss-reactive ketones (excluding diaryl/α,β-unsaturated/α-hetero) is 1. The zero-order valence-electron chi connectivity index (χ0n) is 14.9. The second kappa shape index (κ2) is 6.93. The number of carbonyl (C=O) groups excluding carboxylic acids is 1. The minimum absolute atomic E-state index is 0.0412. The third kappa shape index (κ3) is 3.19. The molecular weight excluding hydrogens is 344 g/mol. The molecule has 2 atom stereocenters. The molecule has 2 fully saturated rings. The normalized spacial score (nSPS) is 25.3. The summed E-state index contributed by atoms with van der Waals surface area (Å²) in [6.45, 7) is 0. The molecule has 2 bridgehead atoms. The zero-order valence-corrected chi connectivity index (χ0v) is 15.8. The van der Waals surface area contributed by atoms with Gasteiger partial charge in [0.25, 0.3) is 0 Å². The van der Waals surface area contributed by atoms with E-state index in [1.54, 1.807) is 23.6 Å². The predicted octanol–water partition coefficient (Wildman–Crippen LogP) is 3.59. The highest BCUT2D eigenvalue weighted by atomic mass is 32.1. The molecule has 4 rings (SSSR count). The summed E-state index contributed by atoms with van der Waals surface area (Å²) in [4.78, 5) is 19.4. The van der Waals surface area contributed by atoms with E-state index in [0.717, 1.165) is 23.4 Å². The fraction of sp³-hybridized carbons (Fsp3) is 0.450. The number of anilines is 1. The molecule has 136 valence electrons. The van der Waals surface area contributed by atoms with Gasteiger partial charge in [0.1, 0.15) is 10.7 Å². The molecule has 26 heavy (non-hydrogen) atoms. The Morgan fingerprint density at radius 2 is 2.08 bits per heavy atom. The quantitative estimate of drug-likeness (QED) is 0.624. The number of benzene rings is 1. The average molecular weight is 369 g/mol. The minimum atomic E-state index is -0.0901. The number of ketones is 1. The topological polar surface area (TPSA) is 83.1 Å². The summed E-state index contributed by atoms with van der Waals surface area (Å²) < 4.78 is 0. The van der Waals surface area contributed by atoms with E-state index < -0.39 is 0 Å². The molecule has 0 radical (unpaired) electrons. The molecule has 5 nitrogen and oxygen atoms in total. The summed E-state index contributed by atoms with van der Waals surface area (Å²) in [6.07, 6.45) is 6.86. The number of nitrogens with two attached hydrogens (primary N) is 1. The Kier molecular flexibility index (Phi) is 4.63. The van der Waals surface area contributed by atoms with Crippen LogP contribution in [0.15, 0.2) is 29.8 Å². The molecule has 0 aliphatic carbocycles. The molecule has 1 aromatic heterocycles. The van der Waals surface area contributed by atoms with Crippen molar-refractivity contribution < 1.29 is 4.79 Å². The second-order valence-corrected chi connectivity index (χ2v) is 8.42. The molecule has 2 aliphatic rings. The first-order valence-corrected chi connectivity index (χ1v) is 10.0. The Labute approximate surface area is 157 Å². The van der Waals surface area contributed by atoms with Gasteiger partial charge >= 0.3 is 0 Å². The van der Waals surface area contributed by atoms with E-state index in [2.05, 4.69) is 16.9 Å². The molecule has 1 aromatic carbocycles. The molecule has 0 spiro atoms. The Bertz CT molecular complexity index is 818. The highest BCUT2D eigenvalue weighted by Crippen LogP contribution is 2.39. The third-order valence-corrected chi connectivity index (χ3v) is 6.77. The number of rotatable bonds is 5. The SMILES string of the molecule is CN1C2CCC1CC(CC(=O)C(=N)c1ccc(-c3nccs3)cc1N)C2. The van der Waals surface area contributed by atoms with Crippen LogP contribution in [0.3, 0.4) is 0 Å². The summed E-state index contributed by atoms with van der Waals surface area (Å²) in [5.41, 5.74) is 8.12. The lowest BCUT2D eigenvalue weighted by Crippen LogP contribution is -2.40. The van der Waals surface area contributed by atoms with E-state index in [4.69, 9.17) is 11.1 Å². The van der Waals surface area contributed by atoms with E-state index in [0.29, 0.717) is 35.7 Å². The second-order valence-electron chi connectivity index (χ2n) is 7.53. The van der Waals surface area contributed by atoms with Gasteiger partial charge in [0.05, 0.1) is 0 Å². The van der Waals surface area contributed by atoms with Crippen LogP contribution in [0, 0.1) is 11.3 Å². The standard InChI is InChI=1S/C20H24N4OS/c1-24-14-3-4-15(24)9-12(8-14)10-18(25)19(22)16-5-2-13(11-17(16)21)20-23-6-7-26-20/h2,5-7,11-12,14-15,22H,3-4,8-10,21H2,1H3. The maximum atomic E-state index is 12.7. The van der Waals surface area contributed by atoms with Crippen molar-refractivity contribution in [2.75, 3.05) is 12.8 Å². The molecule has 2 unspecified atom stereocenters. The lowest BCUT2D eigenvalue weighted by molar-refractivity contribution is -0.114. The Balaban J connectivity index is 1.45. The van der Waals surface area contributed by atoms with E-state index in [1.807, 2.05) is 17.5 Å². The van der Waals surface area contributed by atoms with Gasteiger partial charge in [-0.2, -0.15) is 0 Å². The van der Waals surface area contributed by atoms with E-state index >= 15 is 0 Å². The van der Waals surface area contributed by atoms with Gasteiger partial charge in [-0.05, 0) is 50.8 Å². The minimum Gasteiger partial charge on any atom is -0.398 e. The Hall–Kier alpha value is -2.05. The molecule has 2 saturated heterocycles. The number of aromatic nitrogens is 1. The van der Waals surface area contributed by atoms with Crippen LogP contribution < -0.4 is 5.73 Å². The number of nitrogens with one attached hydrogen (secondary N) is 1. The van der Waals surface area contributed by atoms with Crippen molar-refractivity contribution in [1.29, 1.82) is 5.41 Å². The van der Waals surface area contributed by atoms with Crippen LogP contribution in [0.25, 0.3) is 10.6 Å². The van der Waals surface area contributed by atoms with Crippen molar-refractivity contribution in [2.45, 2.75) is 44.2 Å². The summed E-state index contributed by atoms with van der Waals surface area (Å²) in [6, 6.07) is 6.71. The van der Waals surface area contributed by atoms with E-state index in [1.165, 1.54) is 12.8 Å². The fourth-order valence-electron chi connectivity index (χ4n) is 4.49. The number of thiazole rings is 1. The monoisotopic (exact) mass is 368 g/mol. The summed E-state index contributed by atoms with van der Waals surface area (Å²) >= 11 is 1.54.